The number of carbonyl (C=O) groups is 1. The summed E-state index contributed by atoms with van der Waals surface area (Å²) in [6.07, 6.45) is 3.64. The summed E-state index contributed by atoms with van der Waals surface area (Å²) in [6, 6.07) is 8.50. The summed E-state index contributed by atoms with van der Waals surface area (Å²) >= 11 is 1.86. The number of nitrogens with one attached hydrogen (secondary N) is 1. The maximum absolute atomic E-state index is 12.6. The Morgan fingerprint density at radius 3 is 3.00 bits per heavy atom. The zero-order chi connectivity index (χ0) is 17.5. The number of hydrogen-bond donors (Lipinski definition) is 1. The van der Waals surface area contributed by atoms with Crippen molar-refractivity contribution in [1.82, 2.24) is 10.2 Å². The molecule has 0 spiro atoms. The first kappa shape index (κ1) is 16.1. The van der Waals surface area contributed by atoms with Crippen LogP contribution in [0.2, 0.25) is 0 Å². The fourth-order valence-electron chi connectivity index (χ4n) is 4.03. The molecular formula is C20H22N2O3S. The van der Waals surface area contributed by atoms with Crippen LogP contribution < -0.4 is 14.8 Å². The number of rotatable bonds is 5. The number of hydrogen-bond acceptors (Lipinski definition) is 5. The summed E-state index contributed by atoms with van der Waals surface area (Å²) in [6.45, 7) is 2.24. The van der Waals surface area contributed by atoms with Crippen LogP contribution in [0.25, 0.3) is 0 Å². The molecule has 1 amide bonds. The molecule has 0 saturated heterocycles. The van der Waals surface area contributed by atoms with E-state index in [0.29, 0.717) is 19.1 Å². The van der Waals surface area contributed by atoms with Gasteiger partial charge in [-0.1, -0.05) is 6.07 Å². The van der Waals surface area contributed by atoms with Gasteiger partial charge in [-0.25, -0.2) is 0 Å². The first-order chi connectivity index (χ1) is 12.8. The summed E-state index contributed by atoms with van der Waals surface area (Å²) in [5, 5.41) is 5.26. The minimum absolute atomic E-state index is 0.0898. The number of thiophene rings is 1. The van der Waals surface area contributed by atoms with Crippen LogP contribution in [-0.2, 0) is 17.8 Å². The van der Waals surface area contributed by atoms with Gasteiger partial charge in [0.05, 0.1) is 6.54 Å². The van der Waals surface area contributed by atoms with E-state index in [1.807, 2.05) is 29.5 Å². The van der Waals surface area contributed by atoms with Gasteiger partial charge in [-0.3, -0.25) is 9.69 Å². The normalized spacial score (nSPS) is 21.5. The van der Waals surface area contributed by atoms with Gasteiger partial charge in [-0.2, -0.15) is 0 Å². The minimum atomic E-state index is 0.0898. The molecule has 0 unspecified atom stereocenters. The van der Waals surface area contributed by atoms with Gasteiger partial charge in [-0.15, -0.1) is 11.3 Å². The Morgan fingerprint density at radius 1 is 1.23 bits per heavy atom. The number of amides is 1. The third kappa shape index (κ3) is 3.08. The molecule has 1 N–H and O–H groups in total. The maximum atomic E-state index is 12.6. The minimum Gasteiger partial charge on any atom is -0.454 e. The van der Waals surface area contributed by atoms with Crippen molar-refractivity contribution in [3.63, 3.8) is 0 Å². The molecule has 5 nitrogen and oxygen atoms in total. The standard InChI is InChI=1S/C20H22N2O3S/c23-19(21-10-13-1-4-16-17(9-13)25-12-24-16)11-22-7-5-18-15(6-8-26-18)20(22)14-2-3-14/h1,4,6,8-9,14,20H,2-3,5,7,10-12H2,(H,21,23)/t20-/m1/s1. The molecule has 1 fully saturated rings. The Bertz CT molecular complexity index is 830. The van der Waals surface area contributed by atoms with Crippen LogP contribution in [0.5, 0.6) is 11.5 Å². The first-order valence-electron chi connectivity index (χ1n) is 9.23. The Hall–Kier alpha value is -2.05. The number of fused-ring (bicyclic) bond motifs is 2. The van der Waals surface area contributed by atoms with Crippen molar-refractivity contribution < 1.29 is 14.3 Å². The molecule has 1 aromatic heterocycles. The second-order valence-electron chi connectivity index (χ2n) is 7.27. The molecule has 26 heavy (non-hydrogen) atoms. The summed E-state index contributed by atoms with van der Waals surface area (Å²) in [5.41, 5.74) is 2.49. The van der Waals surface area contributed by atoms with E-state index in [-0.39, 0.29) is 12.7 Å². The lowest BCUT2D eigenvalue weighted by Crippen LogP contribution is -2.42. The van der Waals surface area contributed by atoms with Crippen LogP contribution in [0.1, 0.15) is 34.9 Å². The predicted octanol–water partition coefficient (Wildman–Crippen LogP) is 3.10. The molecule has 2 aromatic rings. The van der Waals surface area contributed by atoms with E-state index in [4.69, 9.17) is 9.47 Å². The van der Waals surface area contributed by atoms with E-state index >= 15 is 0 Å². The fourth-order valence-corrected chi connectivity index (χ4v) is 4.94. The van der Waals surface area contributed by atoms with E-state index in [9.17, 15) is 4.79 Å². The van der Waals surface area contributed by atoms with Crippen LogP contribution >= 0.6 is 11.3 Å². The predicted molar refractivity (Wildman–Crippen MR) is 99.5 cm³/mol. The van der Waals surface area contributed by atoms with Gasteiger partial charge in [0, 0.05) is 24.0 Å². The van der Waals surface area contributed by atoms with Gasteiger partial charge >= 0.3 is 0 Å². The van der Waals surface area contributed by atoms with Crippen molar-refractivity contribution in [1.29, 1.82) is 0 Å². The Morgan fingerprint density at radius 2 is 2.12 bits per heavy atom. The lowest BCUT2D eigenvalue weighted by molar-refractivity contribution is -0.123. The van der Waals surface area contributed by atoms with Crippen LogP contribution in [0.4, 0.5) is 0 Å². The number of ether oxygens (including phenoxy) is 2. The van der Waals surface area contributed by atoms with Gasteiger partial charge < -0.3 is 14.8 Å². The van der Waals surface area contributed by atoms with E-state index in [2.05, 4.69) is 21.7 Å². The third-order valence-electron chi connectivity index (χ3n) is 5.46. The molecule has 3 heterocycles. The molecule has 3 aliphatic rings. The first-order valence-corrected chi connectivity index (χ1v) is 10.1. The average molecular weight is 370 g/mol. The van der Waals surface area contributed by atoms with Crippen LogP contribution in [0.3, 0.4) is 0 Å². The molecule has 136 valence electrons. The Kier molecular flexibility index (Phi) is 4.10. The highest BCUT2D eigenvalue weighted by molar-refractivity contribution is 7.10. The molecular weight excluding hydrogens is 348 g/mol. The fraction of sp³-hybridized carbons (Fsp3) is 0.450. The zero-order valence-electron chi connectivity index (χ0n) is 14.6. The maximum Gasteiger partial charge on any atom is 0.234 e. The van der Waals surface area contributed by atoms with Crippen molar-refractivity contribution in [2.45, 2.75) is 31.8 Å². The number of nitrogens with zero attached hydrogens (tertiary/aromatic N) is 1. The van der Waals surface area contributed by atoms with Crippen molar-refractivity contribution in [2.75, 3.05) is 19.9 Å². The summed E-state index contributed by atoms with van der Waals surface area (Å²) in [5.74, 6) is 2.34. The Labute approximate surface area is 156 Å². The van der Waals surface area contributed by atoms with Gasteiger partial charge in [0.1, 0.15) is 0 Å². The van der Waals surface area contributed by atoms with Crippen LogP contribution in [0, 0.1) is 5.92 Å². The second kappa shape index (κ2) is 6.59. The van der Waals surface area contributed by atoms with E-state index < -0.39 is 0 Å². The molecule has 1 atom stereocenters. The SMILES string of the molecule is O=C(CN1CCc2sccc2[C@H]1C1CC1)NCc1ccc2c(c1)OCO2. The van der Waals surface area contributed by atoms with Crippen LogP contribution in [-0.4, -0.2) is 30.7 Å². The van der Waals surface area contributed by atoms with Gasteiger partial charge in [-0.05, 0) is 59.9 Å². The largest absolute Gasteiger partial charge is 0.454 e. The lowest BCUT2D eigenvalue weighted by Gasteiger charge is -2.35. The second-order valence-corrected chi connectivity index (χ2v) is 8.27. The molecule has 5 rings (SSSR count). The van der Waals surface area contributed by atoms with E-state index in [0.717, 1.165) is 35.9 Å². The monoisotopic (exact) mass is 370 g/mol. The number of carbonyl (C=O) groups excluding carboxylic acids is 1. The van der Waals surface area contributed by atoms with E-state index in [1.54, 1.807) is 0 Å². The highest BCUT2D eigenvalue weighted by Crippen LogP contribution is 2.48. The Balaban J connectivity index is 1.21. The summed E-state index contributed by atoms with van der Waals surface area (Å²) in [4.78, 5) is 16.4. The summed E-state index contributed by atoms with van der Waals surface area (Å²) < 4.78 is 10.7. The molecule has 1 aliphatic carbocycles. The van der Waals surface area contributed by atoms with Crippen molar-refractivity contribution in [2.24, 2.45) is 5.92 Å². The molecule has 6 heteroatoms. The smallest absolute Gasteiger partial charge is 0.234 e. The number of benzene rings is 1. The van der Waals surface area contributed by atoms with E-state index in [1.165, 1.54) is 23.3 Å². The van der Waals surface area contributed by atoms with Crippen molar-refractivity contribution >= 4 is 17.2 Å². The molecule has 0 radical (unpaired) electrons. The van der Waals surface area contributed by atoms with Crippen molar-refractivity contribution in [3.8, 4) is 11.5 Å². The third-order valence-corrected chi connectivity index (χ3v) is 6.46. The topological polar surface area (TPSA) is 50.8 Å². The van der Waals surface area contributed by atoms with Crippen molar-refractivity contribution in [3.05, 3.63) is 45.6 Å². The molecule has 1 aromatic carbocycles. The zero-order valence-corrected chi connectivity index (χ0v) is 15.4. The quantitative estimate of drug-likeness (QED) is 0.879. The highest BCUT2D eigenvalue weighted by atomic mass is 32.1. The van der Waals surface area contributed by atoms with Gasteiger partial charge in [0.2, 0.25) is 12.7 Å². The lowest BCUT2D eigenvalue weighted by atomic mass is 9.96. The van der Waals surface area contributed by atoms with Crippen LogP contribution in [0.15, 0.2) is 29.6 Å². The highest BCUT2D eigenvalue weighted by Gasteiger charge is 2.40. The summed E-state index contributed by atoms with van der Waals surface area (Å²) in [7, 11) is 0. The van der Waals surface area contributed by atoms with Gasteiger partial charge in [0.25, 0.3) is 0 Å². The van der Waals surface area contributed by atoms with Gasteiger partial charge in [0.15, 0.2) is 11.5 Å². The molecule has 2 aliphatic heterocycles. The molecule has 1 saturated carbocycles. The molecule has 0 bridgehead atoms. The average Bonchev–Trinajstić information content (AvgIpc) is 3.18.